The van der Waals surface area contributed by atoms with Gasteiger partial charge in [0.1, 0.15) is 23.5 Å². The van der Waals surface area contributed by atoms with Crippen molar-refractivity contribution in [1.82, 2.24) is 0 Å². The molecule has 3 aliphatic carbocycles. The van der Waals surface area contributed by atoms with Crippen molar-refractivity contribution in [3.63, 3.8) is 0 Å². The fourth-order valence-corrected chi connectivity index (χ4v) is 8.80. The molecule has 5 rings (SSSR count). The van der Waals surface area contributed by atoms with Gasteiger partial charge in [-0.3, -0.25) is 19.2 Å². The molecule has 0 bridgehead atoms. The van der Waals surface area contributed by atoms with Crippen LogP contribution in [0.25, 0.3) is 11.1 Å². The Bertz CT molecular complexity index is 1520. The summed E-state index contributed by atoms with van der Waals surface area (Å²) in [5.74, 6) is -7.07. The van der Waals surface area contributed by atoms with E-state index in [0.717, 1.165) is 0 Å². The van der Waals surface area contributed by atoms with Crippen LogP contribution in [0.15, 0.2) is 30.3 Å². The molecule has 10 heteroatoms. The molecule has 8 atom stereocenters. The summed E-state index contributed by atoms with van der Waals surface area (Å²) in [5, 5.41) is 46.3. The maximum Gasteiger partial charge on any atom is 0.230 e. The molecule has 0 spiro atoms. The van der Waals surface area contributed by atoms with Crippen LogP contribution >= 0.6 is 0 Å². The van der Waals surface area contributed by atoms with Crippen molar-refractivity contribution in [3.05, 3.63) is 47.0 Å². The smallest absolute Gasteiger partial charge is 0.230 e. The number of hydrogen-bond acceptors (Lipinski definition) is 9. The SMILES string of the molecule is COc1ccc(-c2ccc(O)c3c2C[C@]2(C)C[C@]4(C)[C@@H](C(C)C)C(O)[C@@H](C(N)=O)C(=O)[C@]4(O)C(O)[C@H]2C3=O)cc1C=O. The van der Waals surface area contributed by atoms with Crippen LogP contribution in [0.4, 0.5) is 0 Å². The minimum Gasteiger partial charge on any atom is -0.507 e. The molecule has 1 amide bonds. The number of carbonyl (C=O) groups is 4. The van der Waals surface area contributed by atoms with E-state index in [4.69, 9.17) is 10.5 Å². The summed E-state index contributed by atoms with van der Waals surface area (Å²) in [7, 11) is 1.45. The van der Waals surface area contributed by atoms with E-state index in [1.54, 1.807) is 52.0 Å². The van der Waals surface area contributed by atoms with Crippen molar-refractivity contribution in [2.75, 3.05) is 7.11 Å². The van der Waals surface area contributed by atoms with E-state index in [2.05, 4.69) is 0 Å². The number of aliphatic hydroxyl groups excluding tert-OH is 2. The number of rotatable bonds is 5. The highest BCUT2D eigenvalue weighted by Crippen LogP contribution is 2.66. The van der Waals surface area contributed by atoms with Crippen LogP contribution in [0, 0.1) is 34.5 Å². The van der Waals surface area contributed by atoms with Gasteiger partial charge in [-0.1, -0.05) is 39.8 Å². The van der Waals surface area contributed by atoms with Crippen LogP contribution in [0.1, 0.15) is 60.4 Å². The molecule has 2 aromatic rings. The zero-order valence-corrected chi connectivity index (χ0v) is 24.2. The summed E-state index contributed by atoms with van der Waals surface area (Å²) in [6, 6.07) is 8.01. The van der Waals surface area contributed by atoms with E-state index >= 15 is 0 Å². The number of phenols is 1. The molecule has 2 unspecified atom stereocenters. The first-order chi connectivity index (χ1) is 19.6. The quantitative estimate of drug-likeness (QED) is 0.261. The van der Waals surface area contributed by atoms with E-state index in [0.29, 0.717) is 34.3 Å². The molecule has 0 radical (unpaired) electrons. The van der Waals surface area contributed by atoms with Crippen molar-refractivity contribution in [2.24, 2.45) is 40.2 Å². The van der Waals surface area contributed by atoms with Crippen molar-refractivity contribution in [2.45, 2.75) is 58.3 Å². The predicted molar refractivity (Wildman–Crippen MR) is 151 cm³/mol. The monoisotopic (exact) mass is 579 g/mol. The number of fused-ring (bicyclic) bond motifs is 3. The highest BCUT2D eigenvalue weighted by atomic mass is 16.5. The van der Waals surface area contributed by atoms with Gasteiger partial charge >= 0.3 is 0 Å². The zero-order valence-electron chi connectivity index (χ0n) is 24.2. The number of ether oxygens (including phenoxy) is 1. The van der Waals surface area contributed by atoms with Crippen molar-refractivity contribution < 1.29 is 44.3 Å². The van der Waals surface area contributed by atoms with Crippen molar-refractivity contribution in [3.8, 4) is 22.6 Å². The topological polar surface area (TPSA) is 184 Å². The summed E-state index contributed by atoms with van der Waals surface area (Å²) in [5.41, 5.74) is 2.41. The number of benzene rings is 2. The molecular formula is C32H37NO9. The molecule has 0 heterocycles. The molecule has 0 saturated heterocycles. The summed E-state index contributed by atoms with van der Waals surface area (Å²) in [4.78, 5) is 52.2. The Kier molecular flexibility index (Phi) is 6.91. The van der Waals surface area contributed by atoms with Gasteiger partial charge in [-0.2, -0.15) is 0 Å². The number of carbonyl (C=O) groups excluding carboxylic acids is 4. The largest absolute Gasteiger partial charge is 0.507 e. The second-order valence-electron chi connectivity index (χ2n) is 13.0. The number of primary amides is 1. The van der Waals surface area contributed by atoms with Gasteiger partial charge in [0, 0.05) is 5.41 Å². The molecule has 3 aliphatic rings. The summed E-state index contributed by atoms with van der Waals surface area (Å²) >= 11 is 0. The van der Waals surface area contributed by atoms with Crippen molar-refractivity contribution >= 4 is 23.8 Å². The van der Waals surface area contributed by atoms with Gasteiger partial charge in [0.05, 0.1) is 30.3 Å². The number of Topliss-reactive ketones (excluding diaryl/α,β-unsaturated/α-hetero) is 2. The number of methoxy groups -OCH3 is 1. The number of hydrogen-bond donors (Lipinski definition) is 5. The molecule has 2 saturated carbocycles. The molecule has 2 fully saturated rings. The molecule has 10 nitrogen and oxygen atoms in total. The lowest BCUT2D eigenvalue weighted by molar-refractivity contribution is -0.265. The minimum atomic E-state index is -2.57. The van der Waals surface area contributed by atoms with Gasteiger partial charge in [0.15, 0.2) is 23.5 Å². The summed E-state index contributed by atoms with van der Waals surface area (Å²) < 4.78 is 5.26. The number of aldehydes is 1. The normalized spacial score (nSPS) is 35.7. The number of nitrogens with two attached hydrogens (primary N) is 1. The second kappa shape index (κ2) is 9.72. The third-order valence-corrected chi connectivity index (χ3v) is 10.3. The Morgan fingerprint density at radius 1 is 1.14 bits per heavy atom. The first kappa shape index (κ1) is 29.9. The molecule has 2 aromatic carbocycles. The van der Waals surface area contributed by atoms with E-state index < -0.39 is 63.9 Å². The third-order valence-electron chi connectivity index (χ3n) is 10.3. The van der Waals surface area contributed by atoms with Crippen LogP contribution in [-0.4, -0.2) is 69.1 Å². The molecule has 6 N–H and O–H groups in total. The van der Waals surface area contributed by atoms with E-state index in [1.165, 1.54) is 13.2 Å². The maximum absolute atomic E-state index is 14.3. The number of aliphatic hydroxyl groups is 3. The second-order valence-corrected chi connectivity index (χ2v) is 13.0. The van der Waals surface area contributed by atoms with Crippen LogP contribution in [-0.2, 0) is 16.0 Å². The zero-order chi connectivity index (χ0) is 31.1. The average Bonchev–Trinajstić information content (AvgIpc) is 2.90. The average molecular weight is 580 g/mol. The molecule has 224 valence electrons. The van der Waals surface area contributed by atoms with Gasteiger partial charge in [0.25, 0.3) is 0 Å². The summed E-state index contributed by atoms with van der Waals surface area (Å²) in [6.45, 7) is 6.99. The number of ketones is 2. The van der Waals surface area contributed by atoms with Crippen LogP contribution in [0.2, 0.25) is 0 Å². The van der Waals surface area contributed by atoms with Gasteiger partial charge in [0.2, 0.25) is 5.91 Å². The van der Waals surface area contributed by atoms with E-state index in [1.807, 2.05) is 0 Å². The molecule has 0 aromatic heterocycles. The van der Waals surface area contributed by atoms with E-state index in [-0.39, 0.29) is 30.1 Å². The Labute approximate surface area is 243 Å². The fourth-order valence-electron chi connectivity index (χ4n) is 8.80. The Morgan fingerprint density at radius 3 is 2.38 bits per heavy atom. The van der Waals surface area contributed by atoms with Crippen molar-refractivity contribution in [1.29, 1.82) is 0 Å². The van der Waals surface area contributed by atoms with Crippen LogP contribution in [0.5, 0.6) is 11.5 Å². The number of amides is 1. The lowest BCUT2D eigenvalue weighted by Gasteiger charge is -2.66. The molecular weight excluding hydrogens is 542 g/mol. The Hall–Kier alpha value is -3.60. The van der Waals surface area contributed by atoms with Gasteiger partial charge in [-0.25, -0.2) is 0 Å². The first-order valence-electron chi connectivity index (χ1n) is 14.0. The van der Waals surface area contributed by atoms with Crippen LogP contribution in [0.3, 0.4) is 0 Å². The standard InChI is InChI=1S/C32H37NO9/c1-14(2)23-26(37)22(29(33)40)27(38)32(41)28(39)24-25(36)21-18(11-30(24,3)13-31(23,32)4)17(7-8-19(21)35)15-6-9-20(42-5)16(10-15)12-34/h6-10,12,14,22-24,26,28,35,37,39,41H,11,13H2,1-5H3,(H2,33,40)/t22-,23+,24-,26?,28?,30-,31-,32+/m1/s1. The molecule has 42 heavy (non-hydrogen) atoms. The first-order valence-corrected chi connectivity index (χ1v) is 14.0. The minimum absolute atomic E-state index is 0.0395. The highest BCUT2D eigenvalue weighted by Gasteiger charge is 2.75. The highest BCUT2D eigenvalue weighted by molar-refractivity contribution is 6.09. The lowest BCUT2D eigenvalue weighted by atomic mass is 9.39. The van der Waals surface area contributed by atoms with Gasteiger partial charge in [-0.15, -0.1) is 0 Å². The van der Waals surface area contributed by atoms with Crippen LogP contribution < -0.4 is 10.5 Å². The third kappa shape index (κ3) is 3.74. The number of phenolic OH excluding ortho intramolecular Hbond substituents is 1. The fraction of sp³-hybridized carbons (Fsp3) is 0.500. The Morgan fingerprint density at radius 2 is 1.81 bits per heavy atom. The maximum atomic E-state index is 14.3. The molecule has 0 aliphatic heterocycles. The van der Waals surface area contributed by atoms with Gasteiger partial charge in [-0.05, 0) is 65.0 Å². The predicted octanol–water partition coefficient (Wildman–Crippen LogP) is 2.06. The number of aromatic hydroxyl groups is 1. The lowest BCUT2D eigenvalue weighted by Crippen LogP contribution is -2.79. The van der Waals surface area contributed by atoms with Gasteiger partial charge < -0.3 is 30.9 Å². The summed E-state index contributed by atoms with van der Waals surface area (Å²) in [6.07, 6.45) is -2.58. The van der Waals surface area contributed by atoms with E-state index in [9.17, 15) is 39.6 Å². The Balaban J connectivity index is 1.73.